The second-order valence-electron chi connectivity index (χ2n) is 12.7. The Labute approximate surface area is 298 Å². The van der Waals surface area contributed by atoms with E-state index in [1.165, 1.54) is 0 Å². The van der Waals surface area contributed by atoms with Crippen LogP contribution in [0, 0.1) is 0 Å². The first-order chi connectivity index (χ1) is 23.7. The van der Waals surface area contributed by atoms with Gasteiger partial charge in [0, 0.05) is 91.8 Å². The van der Waals surface area contributed by atoms with Gasteiger partial charge in [0.05, 0.1) is 41.8 Å². The monoisotopic (exact) mass is 703 g/mol. The molecule has 1 amide bonds. The lowest BCUT2D eigenvalue weighted by Crippen LogP contribution is -2.44. The van der Waals surface area contributed by atoms with Crippen molar-refractivity contribution in [3.05, 3.63) is 82.0 Å². The number of carbonyl (C=O) groups excluding carboxylic acids is 1. The van der Waals surface area contributed by atoms with E-state index < -0.39 is 0 Å². The number of amides is 1. The van der Waals surface area contributed by atoms with Crippen LogP contribution in [0.15, 0.2) is 60.8 Å². The van der Waals surface area contributed by atoms with Crippen molar-refractivity contribution >= 4 is 29.1 Å². The van der Waals surface area contributed by atoms with Gasteiger partial charge in [-0.2, -0.15) is 0 Å². The number of aliphatic hydroxyl groups is 1. The van der Waals surface area contributed by atoms with Crippen LogP contribution >= 0.6 is 23.2 Å². The van der Waals surface area contributed by atoms with Gasteiger partial charge in [-0.1, -0.05) is 59.6 Å². The number of aromatic nitrogens is 2. The van der Waals surface area contributed by atoms with Crippen molar-refractivity contribution in [1.29, 1.82) is 0 Å². The largest absolute Gasteiger partial charge is 0.496 e. The molecule has 9 nitrogen and oxygen atoms in total. The van der Waals surface area contributed by atoms with E-state index >= 15 is 0 Å². The van der Waals surface area contributed by atoms with Gasteiger partial charge in [-0.15, -0.1) is 0 Å². The Balaban J connectivity index is 1.22. The molecule has 4 aromatic rings. The molecule has 2 N–H and O–H groups in total. The highest BCUT2D eigenvalue weighted by Crippen LogP contribution is 2.42. The molecular formula is C38H43Cl2N5O4. The standard InChI is InChI=1S/C38H43Cl2N5O4/c1-24(46)45-19-12-28(13-20-45)42-22-26-9-10-33(43-38(26)49-3)32-6-4-5-30(35(32)39)31-11-16-41-37(36(31)40)25-7-8-27(34(21-25)48-2)23-44-17-14-29(47)15-18-44/h4-11,16,21,28-29,42,47H,12-15,17-20,22-23H2,1-3H3. The van der Waals surface area contributed by atoms with Gasteiger partial charge in [0.25, 0.3) is 0 Å². The number of hydrogen-bond donors (Lipinski definition) is 2. The minimum absolute atomic E-state index is 0.131. The third-order valence-corrected chi connectivity index (χ3v) is 10.4. The summed E-state index contributed by atoms with van der Waals surface area (Å²) in [6.07, 6.45) is 4.93. The third kappa shape index (κ3) is 8.03. The molecule has 0 bridgehead atoms. The number of ether oxygens (including phenoxy) is 2. The smallest absolute Gasteiger partial charge is 0.219 e. The summed E-state index contributed by atoms with van der Waals surface area (Å²) in [4.78, 5) is 25.4. The number of rotatable bonds is 10. The van der Waals surface area contributed by atoms with Crippen LogP contribution in [0.25, 0.3) is 33.6 Å². The summed E-state index contributed by atoms with van der Waals surface area (Å²) in [5.41, 5.74) is 6.49. The Morgan fingerprint density at radius 2 is 1.61 bits per heavy atom. The maximum atomic E-state index is 11.7. The van der Waals surface area contributed by atoms with Crippen LogP contribution in [0.1, 0.15) is 43.7 Å². The highest BCUT2D eigenvalue weighted by atomic mass is 35.5. The summed E-state index contributed by atoms with van der Waals surface area (Å²) >= 11 is 14.2. The number of carbonyl (C=O) groups is 1. The van der Waals surface area contributed by atoms with Crippen LogP contribution in [-0.2, 0) is 17.9 Å². The zero-order valence-corrected chi connectivity index (χ0v) is 29.7. The molecule has 2 fully saturated rings. The Kier molecular flexibility index (Phi) is 11.4. The Hall–Kier alpha value is -3.73. The maximum Gasteiger partial charge on any atom is 0.219 e. The van der Waals surface area contributed by atoms with Crippen LogP contribution in [0.2, 0.25) is 10.0 Å². The number of nitrogens with zero attached hydrogens (tertiary/aromatic N) is 4. The Morgan fingerprint density at radius 3 is 2.33 bits per heavy atom. The molecule has 2 saturated heterocycles. The number of hydrogen-bond acceptors (Lipinski definition) is 8. The number of methoxy groups -OCH3 is 2. The van der Waals surface area contributed by atoms with E-state index in [2.05, 4.69) is 21.3 Å². The van der Waals surface area contributed by atoms with Crippen molar-refractivity contribution in [2.24, 2.45) is 0 Å². The topological polar surface area (TPSA) is 100 Å². The molecule has 0 spiro atoms. The van der Waals surface area contributed by atoms with Crippen molar-refractivity contribution in [1.82, 2.24) is 25.1 Å². The first kappa shape index (κ1) is 35.1. The quantitative estimate of drug-likeness (QED) is 0.185. The van der Waals surface area contributed by atoms with Gasteiger partial charge in [-0.05, 0) is 43.9 Å². The molecule has 258 valence electrons. The van der Waals surface area contributed by atoms with Gasteiger partial charge >= 0.3 is 0 Å². The summed E-state index contributed by atoms with van der Waals surface area (Å²) in [6, 6.07) is 18.1. The summed E-state index contributed by atoms with van der Waals surface area (Å²) in [5.74, 6) is 1.43. The van der Waals surface area contributed by atoms with Crippen LogP contribution in [-0.4, -0.2) is 83.3 Å². The van der Waals surface area contributed by atoms with Crippen LogP contribution < -0.4 is 14.8 Å². The molecule has 0 unspecified atom stereocenters. The fraction of sp³-hybridized carbons (Fsp3) is 0.395. The predicted molar refractivity (Wildman–Crippen MR) is 194 cm³/mol. The van der Waals surface area contributed by atoms with Crippen molar-refractivity contribution < 1.29 is 19.4 Å². The molecule has 2 aromatic heterocycles. The van der Waals surface area contributed by atoms with Crippen molar-refractivity contribution in [2.45, 2.75) is 57.8 Å². The average Bonchev–Trinajstić information content (AvgIpc) is 3.12. The number of likely N-dealkylation sites (tertiary alicyclic amines) is 2. The summed E-state index contributed by atoms with van der Waals surface area (Å²) in [5, 5.41) is 14.5. The zero-order valence-electron chi connectivity index (χ0n) is 28.2. The first-order valence-electron chi connectivity index (χ1n) is 16.8. The first-order valence-corrected chi connectivity index (χ1v) is 17.6. The molecule has 6 rings (SSSR count). The van der Waals surface area contributed by atoms with Gasteiger partial charge in [-0.25, -0.2) is 4.98 Å². The molecule has 0 atom stereocenters. The van der Waals surface area contributed by atoms with Crippen LogP contribution in [0.5, 0.6) is 11.6 Å². The molecule has 0 radical (unpaired) electrons. The zero-order chi connectivity index (χ0) is 34.5. The van der Waals surface area contributed by atoms with E-state index in [1.54, 1.807) is 27.3 Å². The normalized spacial score (nSPS) is 16.2. The number of halogens is 2. The number of nitrogens with one attached hydrogen (secondary N) is 1. The van der Waals surface area contributed by atoms with Gasteiger partial charge < -0.3 is 24.8 Å². The lowest BCUT2D eigenvalue weighted by Gasteiger charge is -2.31. The average molecular weight is 705 g/mol. The SMILES string of the molecule is COc1cc(-c2nccc(-c3cccc(-c4ccc(CNC5CCN(C(C)=O)CC5)c(OC)n4)c3Cl)c2Cl)ccc1CN1CCC(O)CC1. The summed E-state index contributed by atoms with van der Waals surface area (Å²) in [6.45, 7) is 6.23. The second-order valence-corrected chi connectivity index (χ2v) is 13.5. The van der Waals surface area contributed by atoms with Crippen molar-refractivity contribution in [3.8, 4) is 45.3 Å². The van der Waals surface area contributed by atoms with E-state index in [9.17, 15) is 9.90 Å². The van der Waals surface area contributed by atoms with E-state index in [-0.39, 0.29) is 12.0 Å². The van der Waals surface area contributed by atoms with E-state index in [0.29, 0.717) is 39.9 Å². The van der Waals surface area contributed by atoms with Crippen molar-refractivity contribution in [3.63, 3.8) is 0 Å². The minimum Gasteiger partial charge on any atom is -0.496 e. The Morgan fingerprint density at radius 1 is 0.898 bits per heavy atom. The molecule has 0 aliphatic carbocycles. The molecule has 2 aliphatic heterocycles. The van der Waals surface area contributed by atoms with E-state index in [0.717, 1.165) is 97.5 Å². The van der Waals surface area contributed by atoms with Gasteiger partial charge in [0.15, 0.2) is 0 Å². The molecule has 11 heteroatoms. The molecular weight excluding hydrogens is 661 g/mol. The number of piperidine rings is 2. The van der Waals surface area contributed by atoms with Crippen LogP contribution in [0.3, 0.4) is 0 Å². The van der Waals surface area contributed by atoms with E-state index in [1.807, 2.05) is 53.4 Å². The maximum absolute atomic E-state index is 11.7. The fourth-order valence-corrected chi connectivity index (χ4v) is 7.36. The fourth-order valence-electron chi connectivity index (χ4n) is 6.72. The molecule has 2 aliphatic rings. The van der Waals surface area contributed by atoms with E-state index in [4.69, 9.17) is 37.7 Å². The molecule has 2 aromatic carbocycles. The second kappa shape index (κ2) is 15.9. The molecule has 0 saturated carbocycles. The number of pyridine rings is 2. The van der Waals surface area contributed by atoms with Crippen LogP contribution in [0.4, 0.5) is 0 Å². The van der Waals surface area contributed by atoms with Gasteiger partial charge in [-0.3, -0.25) is 14.7 Å². The summed E-state index contributed by atoms with van der Waals surface area (Å²) < 4.78 is 11.5. The highest BCUT2D eigenvalue weighted by molar-refractivity contribution is 6.39. The third-order valence-electron chi connectivity index (χ3n) is 9.62. The highest BCUT2D eigenvalue weighted by Gasteiger charge is 2.23. The number of aliphatic hydroxyl groups excluding tert-OH is 1. The number of benzene rings is 2. The minimum atomic E-state index is -0.211. The summed E-state index contributed by atoms with van der Waals surface area (Å²) in [7, 11) is 3.30. The predicted octanol–water partition coefficient (Wildman–Crippen LogP) is 6.86. The Bertz CT molecular complexity index is 1790. The van der Waals surface area contributed by atoms with Crippen molar-refractivity contribution in [2.75, 3.05) is 40.4 Å². The molecule has 49 heavy (non-hydrogen) atoms. The lowest BCUT2D eigenvalue weighted by atomic mass is 9.99. The molecule has 4 heterocycles. The van der Waals surface area contributed by atoms with Gasteiger partial charge in [0.1, 0.15) is 5.75 Å². The van der Waals surface area contributed by atoms with Gasteiger partial charge in [0.2, 0.25) is 11.8 Å². The lowest BCUT2D eigenvalue weighted by molar-refractivity contribution is -0.129.